The van der Waals surface area contributed by atoms with E-state index in [0.717, 1.165) is 9.87 Å². The van der Waals surface area contributed by atoms with Crippen LogP contribution in [0.1, 0.15) is 25.0 Å². The number of aryl methyl sites for hydroxylation is 1. The Hall–Kier alpha value is -3.27. The SMILES string of the molecule is CCNC(=O)[C@@H](C)N(Cc1cccc(OC)c1)C(=O)CN(c1cc(Cl)cc(Cl)c1)S(=O)(=O)c1ccc(C)cc1. The molecule has 0 unspecified atom stereocenters. The van der Waals surface area contributed by atoms with Crippen LogP contribution < -0.4 is 14.4 Å². The highest BCUT2D eigenvalue weighted by Crippen LogP contribution is 2.30. The minimum Gasteiger partial charge on any atom is -0.497 e. The van der Waals surface area contributed by atoms with Crippen LogP contribution in [-0.4, -0.2) is 51.4 Å². The van der Waals surface area contributed by atoms with E-state index in [0.29, 0.717) is 17.9 Å². The number of nitrogens with zero attached hydrogens (tertiary/aromatic N) is 2. The van der Waals surface area contributed by atoms with Crippen LogP contribution in [-0.2, 0) is 26.2 Å². The van der Waals surface area contributed by atoms with Gasteiger partial charge in [-0.3, -0.25) is 13.9 Å². The Morgan fingerprint density at radius 2 is 1.64 bits per heavy atom. The molecule has 2 amide bonds. The molecule has 0 fully saturated rings. The van der Waals surface area contributed by atoms with Gasteiger partial charge in [0.1, 0.15) is 18.3 Å². The molecule has 0 bridgehead atoms. The summed E-state index contributed by atoms with van der Waals surface area (Å²) < 4.78 is 33.9. The van der Waals surface area contributed by atoms with E-state index in [1.54, 1.807) is 50.2 Å². The maximum absolute atomic E-state index is 13.9. The van der Waals surface area contributed by atoms with Gasteiger partial charge >= 0.3 is 0 Å². The number of sulfonamides is 1. The molecule has 0 aromatic heterocycles. The molecule has 1 N–H and O–H groups in total. The molecule has 0 radical (unpaired) electrons. The van der Waals surface area contributed by atoms with Crippen molar-refractivity contribution in [2.45, 2.75) is 38.3 Å². The Morgan fingerprint density at radius 1 is 1.00 bits per heavy atom. The quantitative estimate of drug-likeness (QED) is 0.336. The lowest BCUT2D eigenvalue weighted by Crippen LogP contribution is -2.51. The largest absolute Gasteiger partial charge is 0.497 e. The summed E-state index contributed by atoms with van der Waals surface area (Å²) in [5, 5.41) is 3.14. The molecule has 208 valence electrons. The second-order valence-corrected chi connectivity index (χ2v) is 11.6. The number of benzene rings is 3. The lowest BCUT2D eigenvalue weighted by atomic mass is 10.1. The van der Waals surface area contributed by atoms with Crippen LogP contribution in [0.4, 0.5) is 5.69 Å². The van der Waals surface area contributed by atoms with Gasteiger partial charge in [0.2, 0.25) is 11.8 Å². The van der Waals surface area contributed by atoms with Crippen molar-refractivity contribution in [2.75, 3.05) is 24.5 Å². The third kappa shape index (κ3) is 7.65. The smallest absolute Gasteiger partial charge is 0.264 e. The van der Waals surface area contributed by atoms with Crippen LogP contribution in [0.5, 0.6) is 5.75 Å². The maximum Gasteiger partial charge on any atom is 0.264 e. The molecule has 11 heteroatoms. The van der Waals surface area contributed by atoms with Crippen LogP contribution >= 0.6 is 23.2 Å². The van der Waals surface area contributed by atoms with Gasteiger partial charge in [0.05, 0.1) is 17.7 Å². The lowest BCUT2D eigenvalue weighted by molar-refractivity contribution is -0.139. The van der Waals surface area contributed by atoms with Gasteiger partial charge < -0.3 is 15.0 Å². The average molecular weight is 593 g/mol. The van der Waals surface area contributed by atoms with Crippen LogP contribution in [0, 0.1) is 6.92 Å². The molecule has 0 saturated carbocycles. The minimum atomic E-state index is -4.22. The summed E-state index contributed by atoms with van der Waals surface area (Å²) >= 11 is 12.4. The van der Waals surface area contributed by atoms with Crippen molar-refractivity contribution in [3.63, 3.8) is 0 Å². The molecule has 0 aliphatic rings. The van der Waals surface area contributed by atoms with E-state index in [1.807, 2.05) is 6.92 Å². The highest BCUT2D eigenvalue weighted by Gasteiger charge is 2.32. The van der Waals surface area contributed by atoms with E-state index in [4.69, 9.17) is 27.9 Å². The summed E-state index contributed by atoms with van der Waals surface area (Å²) in [6.07, 6.45) is 0. The molecular weight excluding hydrogens is 561 g/mol. The zero-order valence-electron chi connectivity index (χ0n) is 22.1. The van der Waals surface area contributed by atoms with Crippen LogP contribution in [0.3, 0.4) is 0 Å². The number of nitrogens with one attached hydrogen (secondary N) is 1. The Kier molecular flexibility index (Phi) is 10.2. The van der Waals surface area contributed by atoms with Crippen molar-refractivity contribution < 1.29 is 22.7 Å². The van der Waals surface area contributed by atoms with Gasteiger partial charge in [-0.05, 0) is 68.8 Å². The second kappa shape index (κ2) is 13.2. The number of carbonyl (C=O) groups is 2. The van der Waals surface area contributed by atoms with Crippen molar-refractivity contribution in [1.29, 1.82) is 0 Å². The first-order chi connectivity index (χ1) is 18.5. The summed E-state index contributed by atoms with van der Waals surface area (Å²) in [7, 11) is -2.69. The number of ether oxygens (including phenoxy) is 1. The number of amides is 2. The van der Waals surface area contributed by atoms with Gasteiger partial charge in [-0.1, -0.05) is 53.0 Å². The first-order valence-electron chi connectivity index (χ1n) is 12.2. The zero-order chi connectivity index (χ0) is 28.7. The minimum absolute atomic E-state index is 0.00637. The lowest BCUT2D eigenvalue weighted by Gasteiger charge is -2.32. The molecule has 0 aliphatic carbocycles. The molecule has 3 aromatic rings. The summed E-state index contributed by atoms with van der Waals surface area (Å²) in [5.74, 6) is -0.376. The third-order valence-corrected chi connectivity index (χ3v) is 8.25. The first kappa shape index (κ1) is 30.3. The maximum atomic E-state index is 13.9. The fourth-order valence-electron chi connectivity index (χ4n) is 3.92. The first-order valence-corrected chi connectivity index (χ1v) is 14.4. The van der Waals surface area contributed by atoms with E-state index in [2.05, 4.69) is 5.32 Å². The Bertz CT molecular complexity index is 1410. The highest BCUT2D eigenvalue weighted by atomic mass is 35.5. The molecule has 0 spiro atoms. The standard InChI is InChI=1S/C28H31Cl2N3O5S/c1-5-31-28(35)20(3)32(17-21-7-6-8-25(13-21)38-4)27(34)18-33(24-15-22(29)14-23(30)16-24)39(36,37)26-11-9-19(2)10-12-26/h6-16,20H,5,17-18H2,1-4H3,(H,31,35)/t20-/m1/s1. The van der Waals surface area contributed by atoms with Crippen LogP contribution in [0.2, 0.25) is 10.0 Å². The van der Waals surface area contributed by atoms with Gasteiger partial charge in [0.15, 0.2) is 0 Å². The summed E-state index contributed by atoms with van der Waals surface area (Å²) in [6, 6.07) is 16.8. The van der Waals surface area contributed by atoms with E-state index in [-0.39, 0.29) is 33.1 Å². The van der Waals surface area contributed by atoms with Crippen molar-refractivity contribution in [3.8, 4) is 5.75 Å². The summed E-state index contributed by atoms with van der Waals surface area (Å²) in [5.41, 5.74) is 1.70. The van der Waals surface area contributed by atoms with Gasteiger partial charge in [0, 0.05) is 23.1 Å². The average Bonchev–Trinajstić information content (AvgIpc) is 2.89. The molecular formula is C28H31Cl2N3O5S. The van der Waals surface area contributed by atoms with Crippen molar-refractivity contribution >= 4 is 50.7 Å². The number of likely N-dealkylation sites (N-methyl/N-ethyl adjacent to an activating group) is 1. The molecule has 3 rings (SSSR count). The van der Waals surface area contributed by atoms with Gasteiger partial charge in [-0.2, -0.15) is 0 Å². The van der Waals surface area contributed by atoms with Crippen LogP contribution in [0.25, 0.3) is 0 Å². The molecule has 8 nitrogen and oxygen atoms in total. The van der Waals surface area contributed by atoms with E-state index < -0.39 is 28.5 Å². The number of carbonyl (C=O) groups excluding carboxylic acids is 2. The summed E-state index contributed by atoms with van der Waals surface area (Å²) in [6.45, 7) is 5.03. The van der Waals surface area contributed by atoms with Gasteiger partial charge in [0.25, 0.3) is 10.0 Å². The fourth-order valence-corrected chi connectivity index (χ4v) is 5.83. The zero-order valence-corrected chi connectivity index (χ0v) is 24.5. The van der Waals surface area contributed by atoms with Crippen LogP contribution in [0.15, 0.2) is 71.6 Å². The molecule has 0 aliphatic heterocycles. The Morgan fingerprint density at radius 3 is 2.23 bits per heavy atom. The van der Waals surface area contributed by atoms with E-state index >= 15 is 0 Å². The molecule has 0 saturated heterocycles. The van der Waals surface area contributed by atoms with Gasteiger partial charge in [-0.15, -0.1) is 0 Å². The number of halogens is 2. The van der Waals surface area contributed by atoms with E-state index in [1.165, 1.54) is 42.3 Å². The second-order valence-electron chi connectivity index (χ2n) is 8.90. The van der Waals surface area contributed by atoms with Gasteiger partial charge in [-0.25, -0.2) is 8.42 Å². The van der Waals surface area contributed by atoms with Crippen molar-refractivity contribution in [1.82, 2.24) is 10.2 Å². The topological polar surface area (TPSA) is 96.0 Å². The Labute approximate surface area is 239 Å². The predicted molar refractivity (Wildman–Crippen MR) is 154 cm³/mol. The number of anilines is 1. The number of rotatable bonds is 11. The number of methoxy groups -OCH3 is 1. The van der Waals surface area contributed by atoms with E-state index in [9.17, 15) is 18.0 Å². The normalized spacial score (nSPS) is 11.9. The van der Waals surface area contributed by atoms with Crippen molar-refractivity contribution in [3.05, 3.63) is 87.9 Å². The molecule has 1 atom stereocenters. The monoisotopic (exact) mass is 591 g/mol. The molecule has 3 aromatic carbocycles. The number of hydrogen-bond acceptors (Lipinski definition) is 5. The number of hydrogen-bond donors (Lipinski definition) is 1. The third-order valence-electron chi connectivity index (χ3n) is 6.03. The molecule has 39 heavy (non-hydrogen) atoms. The predicted octanol–water partition coefficient (Wildman–Crippen LogP) is 5.06. The Balaban J connectivity index is 2.07. The molecule has 0 heterocycles. The summed E-state index contributed by atoms with van der Waals surface area (Å²) in [4.78, 5) is 28.0. The fraction of sp³-hybridized carbons (Fsp3) is 0.286. The highest BCUT2D eigenvalue weighted by molar-refractivity contribution is 7.92. The van der Waals surface area contributed by atoms with Crippen molar-refractivity contribution in [2.24, 2.45) is 0 Å².